The number of anilines is 1. The third-order valence-electron chi connectivity index (χ3n) is 3.89. The molecule has 1 aromatic carbocycles. The van der Waals surface area contributed by atoms with Crippen molar-refractivity contribution in [2.24, 2.45) is 5.73 Å². The first kappa shape index (κ1) is 19.6. The van der Waals surface area contributed by atoms with Crippen LogP contribution in [0.2, 0.25) is 5.02 Å². The fourth-order valence-corrected chi connectivity index (χ4v) is 2.84. The fourth-order valence-electron chi connectivity index (χ4n) is 2.60. The molecule has 0 bridgehead atoms. The van der Waals surface area contributed by atoms with Gasteiger partial charge in [-0.05, 0) is 24.3 Å². The molecule has 0 aliphatic heterocycles. The largest absolute Gasteiger partial charge is 0.417 e. The number of amides is 1. The smallest absolute Gasteiger partial charge is 0.383 e. The van der Waals surface area contributed by atoms with Crippen molar-refractivity contribution in [2.45, 2.75) is 12.6 Å². The number of rotatable bonds is 4. The van der Waals surface area contributed by atoms with E-state index in [4.69, 9.17) is 23.1 Å². The van der Waals surface area contributed by atoms with Gasteiger partial charge in [0.25, 0.3) is 5.91 Å². The number of alkyl halides is 3. The second kappa shape index (κ2) is 7.12. The Hall–Kier alpha value is -3.14. The van der Waals surface area contributed by atoms with Crippen LogP contribution in [0.1, 0.15) is 27.3 Å². The molecule has 0 saturated heterocycles. The van der Waals surface area contributed by atoms with Gasteiger partial charge in [-0.1, -0.05) is 17.7 Å². The van der Waals surface area contributed by atoms with Gasteiger partial charge in [0.15, 0.2) is 0 Å². The summed E-state index contributed by atoms with van der Waals surface area (Å²) in [6.07, 6.45) is -4.02. The first-order chi connectivity index (χ1) is 13.1. The predicted octanol–water partition coefficient (Wildman–Crippen LogP) is 3.35. The maximum absolute atomic E-state index is 14.2. The number of nitrogens with two attached hydrogens (primary N) is 2. The number of para-hydroxylation sites is 1. The Morgan fingerprint density at radius 2 is 1.93 bits per heavy atom. The van der Waals surface area contributed by atoms with Gasteiger partial charge in [0.1, 0.15) is 22.9 Å². The van der Waals surface area contributed by atoms with Gasteiger partial charge < -0.3 is 11.5 Å². The average Bonchev–Trinajstić information content (AvgIpc) is 2.90. The summed E-state index contributed by atoms with van der Waals surface area (Å²) >= 11 is 6.01. The lowest BCUT2D eigenvalue weighted by molar-refractivity contribution is -0.137. The molecule has 6 nitrogen and oxygen atoms in total. The van der Waals surface area contributed by atoms with Gasteiger partial charge in [0, 0.05) is 18.3 Å². The van der Waals surface area contributed by atoms with Crippen molar-refractivity contribution in [1.82, 2.24) is 14.8 Å². The lowest BCUT2D eigenvalue weighted by Gasteiger charge is -2.07. The van der Waals surface area contributed by atoms with Crippen molar-refractivity contribution in [3.63, 3.8) is 0 Å². The van der Waals surface area contributed by atoms with Crippen LogP contribution in [-0.4, -0.2) is 20.7 Å². The summed E-state index contributed by atoms with van der Waals surface area (Å²) in [4.78, 5) is 15.6. The van der Waals surface area contributed by atoms with E-state index < -0.39 is 23.5 Å². The Kier molecular flexibility index (Phi) is 4.99. The Bertz CT molecular complexity index is 1030. The van der Waals surface area contributed by atoms with Crippen LogP contribution >= 0.6 is 11.6 Å². The topological polar surface area (TPSA) is 99.8 Å². The minimum Gasteiger partial charge on any atom is -0.383 e. The highest BCUT2D eigenvalue weighted by atomic mass is 35.5. The number of pyridine rings is 1. The summed E-state index contributed by atoms with van der Waals surface area (Å²) in [5.41, 5.74) is 10.2. The SMILES string of the molecule is NC(=O)c1c(Cc2ccc(C(F)(F)F)cn2)nn(-c2c(F)cccc2Cl)c1N. The molecule has 1 amide bonds. The zero-order chi connectivity index (χ0) is 20.6. The number of benzene rings is 1. The van der Waals surface area contributed by atoms with Gasteiger partial charge in [-0.25, -0.2) is 9.07 Å². The van der Waals surface area contributed by atoms with Gasteiger partial charge >= 0.3 is 6.18 Å². The molecular formula is C17H12ClF4N5O. The number of hydrogen-bond acceptors (Lipinski definition) is 4. The lowest BCUT2D eigenvalue weighted by Crippen LogP contribution is -2.15. The molecule has 2 aromatic heterocycles. The van der Waals surface area contributed by atoms with Crippen molar-refractivity contribution in [3.05, 3.63) is 69.9 Å². The molecule has 0 aliphatic carbocycles. The standard InChI is InChI=1S/C17H12ClF4N5O/c18-10-2-1-3-11(19)14(10)27-15(23)13(16(24)28)12(26-27)6-9-5-4-8(7-25-9)17(20,21)22/h1-5,7H,6,23H2,(H2,24,28). The predicted molar refractivity (Wildman–Crippen MR) is 93.5 cm³/mol. The zero-order valence-electron chi connectivity index (χ0n) is 14.0. The monoisotopic (exact) mass is 413 g/mol. The Morgan fingerprint density at radius 3 is 2.46 bits per heavy atom. The van der Waals surface area contributed by atoms with Crippen molar-refractivity contribution >= 4 is 23.3 Å². The highest BCUT2D eigenvalue weighted by Gasteiger charge is 2.31. The molecule has 11 heteroatoms. The number of primary amides is 1. The number of aromatic nitrogens is 3. The van der Waals surface area contributed by atoms with E-state index in [0.29, 0.717) is 6.20 Å². The third kappa shape index (κ3) is 3.63. The Balaban J connectivity index is 2.06. The molecular weight excluding hydrogens is 402 g/mol. The molecule has 0 unspecified atom stereocenters. The highest BCUT2D eigenvalue weighted by molar-refractivity contribution is 6.32. The van der Waals surface area contributed by atoms with E-state index in [9.17, 15) is 22.4 Å². The molecule has 0 radical (unpaired) electrons. The molecule has 2 heterocycles. The van der Waals surface area contributed by atoms with Gasteiger partial charge in [0.2, 0.25) is 0 Å². The van der Waals surface area contributed by atoms with Crippen molar-refractivity contribution in [3.8, 4) is 5.69 Å². The molecule has 4 N–H and O–H groups in total. The Labute approximate surface area is 160 Å². The van der Waals surface area contributed by atoms with Gasteiger partial charge in [-0.15, -0.1) is 0 Å². The highest BCUT2D eigenvalue weighted by Crippen LogP contribution is 2.30. The molecule has 0 spiro atoms. The quantitative estimate of drug-likeness (QED) is 0.640. The summed E-state index contributed by atoms with van der Waals surface area (Å²) in [7, 11) is 0. The molecule has 0 atom stereocenters. The minimum atomic E-state index is -4.53. The van der Waals surface area contributed by atoms with Crippen molar-refractivity contribution in [2.75, 3.05) is 5.73 Å². The molecule has 28 heavy (non-hydrogen) atoms. The third-order valence-corrected chi connectivity index (χ3v) is 4.19. The number of halogens is 5. The Morgan fingerprint density at radius 1 is 1.21 bits per heavy atom. The molecule has 0 fully saturated rings. The maximum Gasteiger partial charge on any atom is 0.417 e. The van der Waals surface area contributed by atoms with E-state index in [2.05, 4.69) is 10.1 Å². The van der Waals surface area contributed by atoms with Crippen molar-refractivity contribution in [1.29, 1.82) is 0 Å². The van der Waals surface area contributed by atoms with E-state index in [1.807, 2.05) is 0 Å². The van der Waals surface area contributed by atoms with E-state index in [1.165, 1.54) is 12.1 Å². The first-order valence-electron chi connectivity index (χ1n) is 7.73. The van der Waals surface area contributed by atoms with Crippen LogP contribution in [0.3, 0.4) is 0 Å². The summed E-state index contributed by atoms with van der Waals surface area (Å²) in [6.45, 7) is 0. The minimum absolute atomic E-state index is 0.00979. The molecule has 3 rings (SSSR count). The summed E-state index contributed by atoms with van der Waals surface area (Å²) in [5, 5.41) is 4.08. The second-order valence-electron chi connectivity index (χ2n) is 5.77. The number of carbonyl (C=O) groups is 1. The van der Waals surface area contributed by atoms with Crippen molar-refractivity contribution < 1.29 is 22.4 Å². The van der Waals surface area contributed by atoms with Crippen LogP contribution in [0.15, 0.2) is 36.5 Å². The average molecular weight is 414 g/mol. The van der Waals surface area contributed by atoms with Crippen LogP contribution in [0.5, 0.6) is 0 Å². The van der Waals surface area contributed by atoms with E-state index in [0.717, 1.165) is 22.9 Å². The van der Waals surface area contributed by atoms with E-state index >= 15 is 0 Å². The number of nitrogens with zero attached hydrogens (tertiary/aromatic N) is 3. The molecule has 3 aromatic rings. The number of hydrogen-bond donors (Lipinski definition) is 2. The molecule has 0 saturated carbocycles. The normalized spacial score (nSPS) is 11.6. The fraction of sp³-hybridized carbons (Fsp3) is 0.118. The summed E-state index contributed by atoms with van der Waals surface area (Å²) in [6, 6.07) is 5.90. The summed E-state index contributed by atoms with van der Waals surface area (Å²) < 4.78 is 53.1. The first-order valence-corrected chi connectivity index (χ1v) is 8.11. The van der Waals surface area contributed by atoms with Crippen LogP contribution in [0.4, 0.5) is 23.4 Å². The second-order valence-corrected chi connectivity index (χ2v) is 6.17. The van der Waals surface area contributed by atoms with Crippen LogP contribution < -0.4 is 11.5 Å². The van der Waals surface area contributed by atoms with Crippen LogP contribution in [0.25, 0.3) is 5.69 Å². The van der Waals surface area contributed by atoms with E-state index in [-0.39, 0.29) is 39.9 Å². The van der Waals surface area contributed by atoms with Gasteiger partial charge in [0.05, 0.1) is 16.3 Å². The lowest BCUT2D eigenvalue weighted by atomic mass is 10.1. The zero-order valence-corrected chi connectivity index (χ0v) is 14.7. The maximum atomic E-state index is 14.2. The molecule has 0 aliphatic rings. The van der Waals surface area contributed by atoms with Gasteiger partial charge in [-0.3, -0.25) is 9.78 Å². The number of nitrogen functional groups attached to an aromatic ring is 1. The molecule has 146 valence electrons. The summed E-state index contributed by atoms with van der Waals surface area (Å²) in [5.74, 6) is -1.92. The van der Waals surface area contributed by atoms with Crippen LogP contribution in [0, 0.1) is 5.82 Å². The van der Waals surface area contributed by atoms with Gasteiger partial charge in [-0.2, -0.15) is 18.3 Å². The number of carbonyl (C=O) groups excluding carboxylic acids is 1. The van der Waals surface area contributed by atoms with E-state index in [1.54, 1.807) is 0 Å². The van der Waals surface area contributed by atoms with Crippen LogP contribution in [-0.2, 0) is 12.6 Å².